The first-order valence-corrected chi connectivity index (χ1v) is 14.0. The number of carbonyl (C=O) groups is 2. The Hall–Kier alpha value is -2.87. The Morgan fingerprint density at radius 1 is 1.00 bits per heavy atom. The zero-order valence-corrected chi connectivity index (χ0v) is 22.6. The first kappa shape index (κ1) is 28.4. The summed E-state index contributed by atoms with van der Waals surface area (Å²) in [5.74, 6) is -0.352. The highest BCUT2D eigenvalue weighted by molar-refractivity contribution is 7.92. The maximum Gasteiger partial charge on any atom is 0.243 e. The van der Waals surface area contributed by atoms with Gasteiger partial charge in [-0.05, 0) is 57.7 Å². The number of hydrogen-bond donors (Lipinski definition) is 1. The monoisotopic (exact) mass is 501 g/mol. The first-order valence-electron chi connectivity index (χ1n) is 12.1. The summed E-state index contributed by atoms with van der Waals surface area (Å²) in [6.07, 6.45) is 2.13. The Kier molecular flexibility index (Phi) is 10.3. The molecule has 0 fully saturated rings. The van der Waals surface area contributed by atoms with Gasteiger partial charge >= 0.3 is 0 Å². The fraction of sp³-hybridized carbons (Fsp3) is 0.481. The van der Waals surface area contributed by atoms with E-state index < -0.39 is 16.1 Å². The first-order chi connectivity index (χ1) is 16.4. The number of anilines is 1. The van der Waals surface area contributed by atoms with Gasteiger partial charge in [-0.1, -0.05) is 55.0 Å². The van der Waals surface area contributed by atoms with Crippen molar-refractivity contribution in [3.63, 3.8) is 0 Å². The van der Waals surface area contributed by atoms with E-state index in [1.165, 1.54) is 10.6 Å². The zero-order valence-electron chi connectivity index (χ0n) is 21.7. The molecule has 2 amide bonds. The molecule has 0 spiro atoms. The van der Waals surface area contributed by atoms with Gasteiger partial charge in [0.05, 0.1) is 11.9 Å². The number of rotatable bonds is 12. The molecule has 0 saturated heterocycles. The van der Waals surface area contributed by atoms with Gasteiger partial charge in [0, 0.05) is 25.6 Å². The molecule has 0 aromatic heterocycles. The van der Waals surface area contributed by atoms with Gasteiger partial charge in [-0.2, -0.15) is 0 Å². The molecule has 2 rings (SSSR count). The van der Waals surface area contributed by atoms with Crippen LogP contribution in [0.4, 0.5) is 5.69 Å². The average Bonchev–Trinajstić information content (AvgIpc) is 2.77. The zero-order chi connectivity index (χ0) is 26.2. The number of nitrogens with one attached hydrogen (secondary N) is 1. The summed E-state index contributed by atoms with van der Waals surface area (Å²) >= 11 is 0. The quantitative estimate of drug-likeness (QED) is 0.473. The van der Waals surface area contributed by atoms with Crippen LogP contribution in [0.2, 0.25) is 0 Å². The molecule has 35 heavy (non-hydrogen) atoms. The maximum absolute atomic E-state index is 13.4. The van der Waals surface area contributed by atoms with E-state index in [-0.39, 0.29) is 30.8 Å². The SMILES string of the molecule is CCC(C(=O)NC(C)C)N(Cc1ccc(C)cc1)C(=O)CCCN(c1ccccc1C)S(C)(=O)=O. The van der Waals surface area contributed by atoms with Crippen LogP contribution in [0, 0.1) is 13.8 Å². The van der Waals surface area contributed by atoms with Crippen molar-refractivity contribution >= 4 is 27.5 Å². The normalized spacial score (nSPS) is 12.3. The molecule has 0 heterocycles. The Labute approximate surface area is 210 Å². The molecule has 1 unspecified atom stereocenters. The van der Waals surface area contributed by atoms with Crippen molar-refractivity contribution in [1.29, 1.82) is 0 Å². The van der Waals surface area contributed by atoms with Gasteiger partial charge in [0.15, 0.2) is 0 Å². The predicted octanol–water partition coefficient (Wildman–Crippen LogP) is 4.18. The van der Waals surface area contributed by atoms with Gasteiger partial charge in [0.2, 0.25) is 21.8 Å². The largest absolute Gasteiger partial charge is 0.352 e. The summed E-state index contributed by atoms with van der Waals surface area (Å²) in [6.45, 7) is 10.0. The van der Waals surface area contributed by atoms with Crippen LogP contribution in [0.5, 0.6) is 0 Å². The number of aryl methyl sites for hydroxylation is 2. The van der Waals surface area contributed by atoms with Crippen molar-refractivity contribution in [2.75, 3.05) is 17.1 Å². The van der Waals surface area contributed by atoms with E-state index in [1.54, 1.807) is 17.0 Å². The Bertz CT molecular complexity index is 1100. The lowest BCUT2D eigenvalue weighted by Gasteiger charge is -2.31. The van der Waals surface area contributed by atoms with Gasteiger partial charge in [0.1, 0.15) is 6.04 Å². The van der Waals surface area contributed by atoms with E-state index in [1.807, 2.05) is 71.0 Å². The third-order valence-corrected chi connectivity index (χ3v) is 7.01. The van der Waals surface area contributed by atoms with Crippen molar-refractivity contribution in [2.24, 2.45) is 0 Å². The summed E-state index contributed by atoms with van der Waals surface area (Å²) in [5.41, 5.74) is 3.52. The second-order valence-corrected chi connectivity index (χ2v) is 11.2. The van der Waals surface area contributed by atoms with Gasteiger partial charge in [-0.25, -0.2) is 8.42 Å². The van der Waals surface area contributed by atoms with Crippen LogP contribution in [0.15, 0.2) is 48.5 Å². The van der Waals surface area contributed by atoms with Crippen molar-refractivity contribution in [2.45, 2.75) is 72.5 Å². The van der Waals surface area contributed by atoms with Gasteiger partial charge in [-0.3, -0.25) is 13.9 Å². The summed E-state index contributed by atoms with van der Waals surface area (Å²) in [5, 5.41) is 2.93. The highest BCUT2D eigenvalue weighted by Crippen LogP contribution is 2.23. The molecule has 0 aliphatic carbocycles. The molecular formula is C27H39N3O4S. The number of nitrogens with zero attached hydrogens (tertiary/aromatic N) is 2. The van der Waals surface area contributed by atoms with Crippen molar-refractivity contribution in [1.82, 2.24) is 10.2 Å². The van der Waals surface area contributed by atoms with E-state index in [4.69, 9.17) is 0 Å². The Balaban J connectivity index is 2.22. The smallest absolute Gasteiger partial charge is 0.243 e. The predicted molar refractivity (Wildman–Crippen MR) is 142 cm³/mol. The molecule has 2 aromatic rings. The number of benzene rings is 2. The van der Waals surface area contributed by atoms with Crippen LogP contribution in [0.3, 0.4) is 0 Å². The highest BCUT2D eigenvalue weighted by Gasteiger charge is 2.29. The van der Waals surface area contributed by atoms with Gasteiger partial charge in [-0.15, -0.1) is 0 Å². The third kappa shape index (κ3) is 8.38. The summed E-state index contributed by atoms with van der Waals surface area (Å²) in [7, 11) is -3.51. The second-order valence-electron chi connectivity index (χ2n) is 9.32. The lowest BCUT2D eigenvalue weighted by Crippen LogP contribution is -2.50. The van der Waals surface area contributed by atoms with Crippen molar-refractivity contribution in [3.05, 3.63) is 65.2 Å². The van der Waals surface area contributed by atoms with E-state index in [9.17, 15) is 18.0 Å². The van der Waals surface area contributed by atoms with Gasteiger partial charge < -0.3 is 10.2 Å². The summed E-state index contributed by atoms with van der Waals surface area (Å²) < 4.78 is 26.3. The topological polar surface area (TPSA) is 86.8 Å². The number of carbonyl (C=O) groups excluding carboxylic acids is 2. The molecule has 0 saturated carbocycles. The van der Waals surface area contributed by atoms with E-state index in [0.717, 1.165) is 16.7 Å². The third-order valence-electron chi connectivity index (χ3n) is 5.83. The fourth-order valence-corrected chi connectivity index (χ4v) is 5.04. The van der Waals surface area contributed by atoms with Crippen LogP contribution in [0.25, 0.3) is 0 Å². The minimum absolute atomic E-state index is 0.0368. The maximum atomic E-state index is 13.4. The molecule has 192 valence electrons. The van der Waals surface area contributed by atoms with Crippen LogP contribution >= 0.6 is 0 Å². The number of sulfonamides is 1. The lowest BCUT2D eigenvalue weighted by molar-refractivity contribution is -0.141. The molecular weight excluding hydrogens is 462 g/mol. The number of amides is 2. The van der Waals surface area contributed by atoms with Gasteiger partial charge in [0.25, 0.3) is 0 Å². The number of para-hydroxylation sites is 1. The van der Waals surface area contributed by atoms with Crippen molar-refractivity contribution in [3.8, 4) is 0 Å². The van der Waals surface area contributed by atoms with Crippen LogP contribution < -0.4 is 9.62 Å². The van der Waals surface area contributed by atoms with E-state index >= 15 is 0 Å². The molecule has 1 atom stereocenters. The van der Waals surface area contributed by atoms with Crippen molar-refractivity contribution < 1.29 is 18.0 Å². The van der Waals surface area contributed by atoms with Crippen LogP contribution in [-0.2, 0) is 26.2 Å². The number of hydrogen-bond acceptors (Lipinski definition) is 4. The van der Waals surface area contributed by atoms with E-state index in [0.29, 0.717) is 25.1 Å². The standard InChI is InChI=1S/C27H39N3O4S/c1-7-24(27(32)28-20(2)3)29(19-23-16-14-21(4)15-17-23)26(31)13-10-18-30(35(6,33)34)25-12-9-8-11-22(25)5/h8-9,11-12,14-17,20,24H,7,10,13,18-19H2,1-6H3,(H,28,32). The molecule has 0 radical (unpaired) electrons. The van der Waals surface area contributed by atoms with E-state index in [2.05, 4.69) is 5.32 Å². The summed E-state index contributed by atoms with van der Waals surface area (Å²) in [4.78, 5) is 28.0. The molecule has 8 heteroatoms. The fourth-order valence-electron chi connectivity index (χ4n) is 4.02. The molecule has 1 N–H and O–H groups in total. The molecule has 7 nitrogen and oxygen atoms in total. The van der Waals surface area contributed by atoms with Crippen LogP contribution in [0.1, 0.15) is 56.7 Å². The molecule has 0 aliphatic rings. The second kappa shape index (κ2) is 12.7. The minimum atomic E-state index is -3.51. The molecule has 2 aromatic carbocycles. The highest BCUT2D eigenvalue weighted by atomic mass is 32.2. The Morgan fingerprint density at radius 2 is 1.63 bits per heavy atom. The Morgan fingerprint density at radius 3 is 2.17 bits per heavy atom. The molecule has 0 aliphatic heterocycles. The average molecular weight is 502 g/mol. The summed E-state index contributed by atoms with van der Waals surface area (Å²) in [6, 6.07) is 14.6. The lowest BCUT2D eigenvalue weighted by atomic mass is 10.1. The van der Waals surface area contributed by atoms with Crippen LogP contribution in [-0.4, -0.2) is 50.0 Å². The minimum Gasteiger partial charge on any atom is -0.352 e. The molecule has 0 bridgehead atoms.